The number of rotatable bonds is 0. The lowest BCUT2D eigenvalue weighted by Crippen LogP contribution is -1.61. The molecule has 0 aliphatic carbocycles. The number of oxazole rings is 1. The van der Waals surface area contributed by atoms with Crippen molar-refractivity contribution in [3.63, 3.8) is 0 Å². The molecule has 0 saturated heterocycles. The Kier molecular flexibility index (Phi) is 5.71. The molecule has 0 aliphatic heterocycles. The summed E-state index contributed by atoms with van der Waals surface area (Å²) in [4.78, 5) is 7.11. The minimum atomic E-state index is 1.38. The molecule has 0 aliphatic rings. The highest BCUT2D eigenvalue weighted by atomic mass is 16.3. The van der Waals surface area contributed by atoms with Gasteiger partial charge in [-0.1, -0.05) is 5.21 Å². The molecule has 3 rings (SSSR count). The van der Waals surface area contributed by atoms with E-state index in [1.165, 1.54) is 25.3 Å². The molecule has 0 aromatic carbocycles. The second kappa shape index (κ2) is 8.10. The molecule has 0 amide bonds. The molecule has 3 aromatic rings. The standard InChI is InChI=1S/C3H3NO.2C2H3N3/c1-2-5-3-4-1;1-3-2-5-4-1;1-2-4-5-3-1/h1-3H;2*1-2H,(H,3,4,5). The third kappa shape index (κ3) is 6.63. The Hall–Kier alpha value is -2.51. The van der Waals surface area contributed by atoms with Crippen molar-refractivity contribution in [1.82, 2.24) is 35.6 Å². The van der Waals surface area contributed by atoms with Crippen LogP contribution in [0.25, 0.3) is 0 Å². The van der Waals surface area contributed by atoms with Crippen LogP contribution in [0.3, 0.4) is 0 Å². The fraction of sp³-hybridized carbons (Fsp3) is 0. The van der Waals surface area contributed by atoms with Gasteiger partial charge >= 0.3 is 0 Å². The minimum absolute atomic E-state index is 1.38. The van der Waals surface area contributed by atoms with Gasteiger partial charge in [-0.25, -0.2) is 9.97 Å². The zero-order chi connectivity index (χ0) is 10.6. The van der Waals surface area contributed by atoms with Crippen LogP contribution in [-0.2, 0) is 0 Å². The normalized spacial score (nSPS) is 8.00. The maximum atomic E-state index is 4.47. The zero-order valence-corrected chi connectivity index (χ0v) is 7.69. The highest BCUT2D eigenvalue weighted by molar-refractivity contribution is 4.56. The van der Waals surface area contributed by atoms with Crippen molar-refractivity contribution in [3.05, 3.63) is 43.9 Å². The van der Waals surface area contributed by atoms with Crippen LogP contribution in [-0.4, -0.2) is 35.6 Å². The second-order valence-corrected chi connectivity index (χ2v) is 1.99. The van der Waals surface area contributed by atoms with E-state index in [0.717, 1.165) is 0 Å². The number of aromatic amines is 2. The van der Waals surface area contributed by atoms with Gasteiger partial charge in [0, 0.05) is 6.20 Å². The van der Waals surface area contributed by atoms with E-state index in [1.807, 2.05) is 0 Å². The molecule has 0 saturated carbocycles. The molecule has 3 heterocycles. The smallest absolute Gasteiger partial charge is 0.180 e. The molecule has 78 valence electrons. The Labute approximate surface area is 84.8 Å². The number of aromatic nitrogens is 7. The van der Waals surface area contributed by atoms with Crippen LogP contribution in [0.4, 0.5) is 0 Å². The van der Waals surface area contributed by atoms with Gasteiger partial charge in [0.05, 0.1) is 12.4 Å². The fourth-order valence-corrected chi connectivity index (χ4v) is 0.509. The molecule has 8 heteroatoms. The van der Waals surface area contributed by atoms with Crippen molar-refractivity contribution in [2.75, 3.05) is 0 Å². The first-order chi connectivity index (χ1) is 7.50. The van der Waals surface area contributed by atoms with E-state index in [4.69, 9.17) is 0 Å². The first kappa shape index (κ1) is 10.6. The van der Waals surface area contributed by atoms with Crippen LogP contribution in [0.1, 0.15) is 0 Å². The second-order valence-electron chi connectivity index (χ2n) is 1.99. The van der Waals surface area contributed by atoms with Gasteiger partial charge in [0.15, 0.2) is 6.39 Å². The van der Waals surface area contributed by atoms with Gasteiger partial charge in [-0.3, -0.25) is 10.2 Å². The van der Waals surface area contributed by atoms with Crippen molar-refractivity contribution in [3.8, 4) is 0 Å². The maximum Gasteiger partial charge on any atom is 0.180 e. The van der Waals surface area contributed by atoms with Crippen LogP contribution in [0.2, 0.25) is 0 Å². The fourth-order valence-electron chi connectivity index (χ4n) is 0.509. The number of hydrogen-bond acceptors (Lipinski definition) is 6. The Morgan fingerprint density at radius 2 is 2.07 bits per heavy atom. The van der Waals surface area contributed by atoms with Gasteiger partial charge in [-0.05, 0) is 0 Å². The molecule has 0 atom stereocenters. The molecule has 0 bridgehead atoms. The maximum absolute atomic E-state index is 4.47. The van der Waals surface area contributed by atoms with Gasteiger partial charge in [-0.2, -0.15) is 5.10 Å². The summed E-state index contributed by atoms with van der Waals surface area (Å²) < 4.78 is 4.47. The summed E-state index contributed by atoms with van der Waals surface area (Å²) in [5.41, 5.74) is 0. The summed E-state index contributed by atoms with van der Waals surface area (Å²) in [5.74, 6) is 0. The van der Waals surface area contributed by atoms with E-state index < -0.39 is 0 Å². The molecule has 2 N–H and O–H groups in total. The molecule has 0 spiro atoms. The van der Waals surface area contributed by atoms with Crippen molar-refractivity contribution in [2.45, 2.75) is 0 Å². The number of nitrogens with zero attached hydrogens (tertiary/aromatic N) is 5. The SMILES string of the molecule is c1c[nH]nn1.c1cocn1.c1nc[nH]n1. The molecule has 15 heavy (non-hydrogen) atoms. The number of nitrogens with one attached hydrogen (secondary N) is 2. The lowest BCUT2D eigenvalue weighted by atomic mass is 11.0. The van der Waals surface area contributed by atoms with Gasteiger partial charge in [0.1, 0.15) is 18.9 Å². The predicted molar refractivity (Wildman–Crippen MR) is 49.3 cm³/mol. The Morgan fingerprint density at radius 1 is 1.07 bits per heavy atom. The average molecular weight is 207 g/mol. The van der Waals surface area contributed by atoms with E-state index in [9.17, 15) is 0 Å². The van der Waals surface area contributed by atoms with E-state index in [2.05, 4.69) is 40.0 Å². The van der Waals surface area contributed by atoms with Crippen LogP contribution < -0.4 is 0 Å². The molecular formula is C7H9N7O. The van der Waals surface area contributed by atoms with E-state index in [-0.39, 0.29) is 0 Å². The number of H-pyrrole nitrogens is 2. The quantitative estimate of drug-likeness (QED) is 0.548. The zero-order valence-electron chi connectivity index (χ0n) is 7.69. The monoisotopic (exact) mass is 207 g/mol. The van der Waals surface area contributed by atoms with Crippen LogP contribution in [0.15, 0.2) is 48.3 Å². The average Bonchev–Trinajstić information content (AvgIpc) is 3.09. The van der Waals surface area contributed by atoms with Crippen LogP contribution >= 0.6 is 0 Å². The Morgan fingerprint density at radius 3 is 2.27 bits per heavy atom. The van der Waals surface area contributed by atoms with E-state index in [0.29, 0.717) is 0 Å². The number of hydrogen-bond donors (Lipinski definition) is 2. The summed E-state index contributed by atoms with van der Waals surface area (Å²) in [7, 11) is 0. The first-order valence-electron chi connectivity index (χ1n) is 3.91. The Balaban J connectivity index is 0.000000112. The van der Waals surface area contributed by atoms with E-state index >= 15 is 0 Å². The van der Waals surface area contributed by atoms with Gasteiger partial charge in [0.25, 0.3) is 0 Å². The Bertz CT molecular complexity index is 251. The van der Waals surface area contributed by atoms with Crippen molar-refractivity contribution >= 4 is 0 Å². The lowest BCUT2D eigenvalue weighted by molar-refractivity contribution is 0.558. The molecule has 0 fully saturated rings. The summed E-state index contributed by atoms with van der Waals surface area (Å²) >= 11 is 0. The van der Waals surface area contributed by atoms with Gasteiger partial charge in [-0.15, -0.1) is 5.10 Å². The summed E-state index contributed by atoms with van der Waals surface area (Å²) in [6, 6.07) is 0. The topological polar surface area (TPSA) is 109 Å². The van der Waals surface area contributed by atoms with Crippen molar-refractivity contribution in [2.24, 2.45) is 0 Å². The van der Waals surface area contributed by atoms with Crippen LogP contribution in [0, 0.1) is 0 Å². The predicted octanol–water partition coefficient (Wildman–Crippen LogP) is 0.284. The summed E-state index contributed by atoms with van der Waals surface area (Å²) in [6.45, 7) is 0. The van der Waals surface area contributed by atoms with Gasteiger partial charge in [0.2, 0.25) is 0 Å². The highest BCUT2D eigenvalue weighted by Crippen LogP contribution is 1.72. The highest BCUT2D eigenvalue weighted by Gasteiger charge is 1.59. The van der Waals surface area contributed by atoms with E-state index in [1.54, 1.807) is 18.6 Å². The summed E-state index contributed by atoms with van der Waals surface area (Å²) in [6.07, 6.45) is 10.7. The van der Waals surface area contributed by atoms with Crippen molar-refractivity contribution in [1.29, 1.82) is 0 Å². The largest absolute Gasteiger partial charge is 0.452 e. The lowest BCUT2D eigenvalue weighted by Gasteiger charge is -1.47. The summed E-state index contributed by atoms with van der Waals surface area (Å²) in [5, 5.41) is 15.2. The third-order valence-electron chi connectivity index (χ3n) is 1.01. The molecule has 0 unspecified atom stereocenters. The molecule has 0 radical (unpaired) electrons. The minimum Gasteiger partial charge on any atom is -0.452 e. The molecular weight excluding hydrogens is 198 g/mol. The first-order valence-corrected chi connectivity index (χ1v) is 3.91. The molecule has 3 aromatic heterocycles. The van der Waals surface area contributed by atoms with Crippen molar-refractivity contribution < 1.29 is 4.42 Å². The van der Waals surface area contributed by atoms with Gasteiger partial charge < -0.3 is 4.42 Å². The van der Waals surface area contributed by atoms with Crippen LogP contribution in [0.5, 0.6) is 0 Å². The third-order valence-corrected chi connectivity index (χ3v) is 1.01. The molecule has 8 nitrogen and oxygen atoms in total.